The fourth-order valence-corrected chi connectivity index (χ4v) is 5.36. The molecule has 2 heterocycles. The maximum Gasteiger partial charge on any atom is 0.251 e. The molecule has 4 aromatic rings. The normalized spacial score (nSPS) is 12.8. The summed E-state index contributed by atoms with van der Waals surface area (Å²) in [7, 11) is 0. The third-order valence-corrected chi connectivity index (χ3v) is 7.46. The Morgan fingerprint density at radius 1 is 1.03 bits per heavy atom. The molecule has 1 N–H and O–H groups in total. The summed E-state index contributed by atoms with van der Waals surface area (Å²) in [4.78, 5) is 27.6. The summed E-state index contributed by atoms with van der Waals surface area (Å²) in [6.45, 7) is 0.763. The number of hydrogen-bond donors (Lipinski definition) is 1. The second-order valence-electron chi connectivity index (χ2n) is 8.47. The molecule has 0 fully saturated rings. The van der Waals surface area contributed by atoms with E-state index in [1.807, 2.05) is 51.9 Å². The number of halogens is 2. The monoisotopic (exact) mass is 579 g/mol. The van der Waals surface area contributed by atoms with Crippen molar-refractivity contribution in [1.82, 2.24) is 20.1 Å². The third-order valence-electron chi connectivity index (χ3n) is 6.02. The average molecular weight is 580 g/mol. The summed E-state index contributed by atoms with van der Waals surface area (Å²) < 4.78 is 16.3. The first-order valence-corrected chi connectivity index (χ1v) is 13.5. The smallest absolute Gasteiger partial charge is 0.251 e. The topological polar surface area (TPSA) is 80.1 Å². The van der Waals surface area contributed by atoms with E-state index in [0.717, 1.165) is 28.7 Å². The van der Waals surface area contributed by atoms with Gasteiger partial charge in [-0.15, -0.1) is 10.2 Å². The number of aromatic nitrogens is 3. The van der Waals surface area contributed by atoms with Crippen molar-refractivity contribution in [3.8, 4) is 5.69 Å². The van der Waals surface area contributed by atoms with Crippen molar-refractivity contribution in [2.24, 2.45) is 0 Å². The SMILES string of the molecule is O=C(NCc1nnc(SCC(=O)N2CCCc3ccccc32)n1-c1ccc(Br)cc1)c1cccc(F)c1. The van der Waals surface area contributed by atoms with E-state index in [-0.39, 0.29) is 23.8 Å². The fourth-order valence-electron chi connectivity index (χ4n) is 4.25. The molecule has 1 aromatic heterocycles. The number of carbonyl (C=O) groups is 2. The Bertz CT molecular complexity index is 1440. The van der Waals surface area contributed by atoms with Gasteiger partial charge in [0.25, 0.3) is 5.91 Å². The Kier molecular flexibility index (Phi) is 7.66. The summed E-state index contributed by atoms with van der Waals surface area (Å²) in [5.41, 5.74) is 3.16. The highest BCUT2D eigenvalue weighted by Gasteiger charge is 2.24. The first-order valence-electron chi connectivity index (χ1n) is 11.7. The molecule has 37 heavy (non-hydrogen) atoms. The molecule has 0 unspecified atom stereocenters. The lowest BCUT2D eigenvalue weighted by molar-refractivity contribution is -0.116. The number of rotatable bonds is 7. The van der Waals surface area contributed by atoms with E-state index >= 15 is 0 Å². The van der Waals surface area contributed by atoms with E-state index in [0.29, 0.717) is 17.5 Å². The van der Waals surface area contributed by atoms with E-state index < -0.39 is 11.7 Å². The van der Waals surface area contributed by atoms with Crippen molar-refractivity contribution < 1.29 is 14.0 Å². The highest BCUT2D eigenvalue weighted by molar-refractivity contribution is 9.10. The number of thioether (sulfide) groups is 1. The van der Waals surface area contributed by atoms with Gasteiger partial charge in [-0.3, -0.25) is 14.2 Å². The molecule has 0 saturated carbocycles. The third kappa shape index (κ3) is 5.75. The maximum absolute atomic E-state index is 13.5. The standard InChI is InChI=1S/C27H23BrFN5O2S/c28-20-10-12-22(13-11-20)34-24(16-30-26(36)19-6-3-8-21(29)15-19)31-32-27(34)37-17-25(35)33-14-4-7-18-5-1-2-9-23(18)33/h1-3,5-6,8-13,15H,4,7,14,16-17H2,(H,30,36). The molecule has 0 radical (unpaired) electrons. The maximum atomic E-state index is 13.5. The molecule has 2 amide bonds. The van der Waals surface area contributed by atoms with E-state index in [2.05, 4.69) is 37.5 Å². The predicted octanol–water partition coefficient (Wildman–Crippen LogP) is 5.17. The summed E-state index contributed by atoms with van der Waals surface area (Å²) in [6, 6.07) is 21.1. The average Bonchev–Trinajstić information content (AvgIpc) is 3.33. The molecule has 5 rings (SSSR count). The Labute approximate surface area is 226 Å². The Morgan fingerprint density at radius 2 is 1.84 bits per heavy atom. The Morgan fingerprint density at radius 3 is 2.65 bits per heavy atom. The minimum Gasteiger partial charge on any atom is -0.345 e. The molecule has 0 aliphatic carbocycles. The fraction of sp³-hybridized carbons (Fsp3) is 0.185. The lowest BCUT2D eigenvalue weighted by Gasteiger charge is -2.29. The van der Waals surface area contributed by atoms with Gasteiger partial charge in [0.15, 0.2) is 11.0 Å². The zero-order valence-electron chi connectivity index (χ0n) is 19.7. The number of nitrogens with one attached hydrogen (secondary N) is 1. The quantitative estimate of drug-likeness (QED) is 0.305. The van der Waals surface area contributed by atoms with Crippen LogP contribution in [0.25, 0.3) is 5.69 Å². The van der Waals surface area contributed by atoms with Crippen LogP contribution in [-0.2, 0) is 17.8 Å². The van der Waals surface area contributed by atoms with Crippen molar-refractivity contribution in [3.05, 3.63) is 100 Å². The highest BCUT2D eigenvalue weighted by Crippen LogP contribution is 2.29. The van der Waals surface area contributed by atoms with E-state index in [1.165, 1.54) is 35.5 Å². The van der Waals surface area contributed by atoms with Crippen LogP contribution in [0.2, 0.25) is 0 Å². The molecule has 0 bridgehead atoms. The van der Waals surface area contributed by atoms with Gasteiger partial charge in [-0.1, -0.05) is 52.0 Å². The molecule has 1 aliphatic rings. The van der Waals surface area contributed by atoms with Gasteiger partial charge in [0.2, 0.25) is 5.91 Å². The largest absolute Gasteiger partial charge is 0.345 e. The second kappa shape index (κ2) is 11.3. The van der Waals surface area contributed by atoms with Gasteiger partial charge >= 0.3 is 0 Å². The number of nitrogens with zero attached hydrogens (tertiary/aromatic N) is 4. The second-order valence-corrected chi connectivity index (χ2v) is 10.3. The summed E-state index contributed by atoms with van der Waals surface area (Å²) in [6.07, 6.45) is 1.90. The predicted molar refractivity (Wildman–Crippen MR) is 144 cm³/mol. The summed E-state index contributed by atoms with van der Waals surface area (Å²) in [5.74, 6) is -0.212. The van der Waals surface area contributed by atoms with Crippen LogP contribution in [0.4, 0.5) is 10.1 Å². The van der Waals surface area contributed by atoms with Crippen LogP contribution in [0.15, 0.2) is 82.4 Å². The molecular formula is C27H23BrFN5O2S. The van der Waals surface area contributed by atoms with Crippen LogP contribution >= 0.6 is 27.7 Å². The number of benzene rings is 3. The van der Waals surface area contributed by atoms with E-state index in [1.54, 1.807) is 6.07 Å². The number of anilines is 1. The highest BCUT2D eigenvalue weighted by atomic mass is 79.9. The summed E-state index contributed by atoms with van der Waals surface area (Å²) in [5, 5.41) is 11.9. The number of amides is 2. The molecule has 0 saturated heterocycles. The van der Waals surface area contributed by atoms with Crippen molar-refractivity contribution >= 4 is 45.2 Å². The van der Waals surface area contributed by atoms with Crippen LogP contribution < -0.4 is 10.2 Å². The molecule has 3 aromatic carbocycles. The van der Waals surface area contributed by atoms with Gasteiger partial charge in [0.05, 0.1) is 12.3 Å². The molecule has 1 aliphatic heterocycles. The molecule has 0 spiro atoms. The Hall–Kier alpha value is -3.50. The van der Waals surface area contributed by atoms with Crippen molar-refractivity contribution in [3.63, 3.8) is 0 Å². The van der Waals surface area contributed by atoms with Gasteiger partial charge in [0, 0.05) is 28.0 Å². The molecule has 188 valence electrons. The first-order chi connectivity index (χ1) is 18.0. The molecular weight excluding hydrogens is 557 g/mol. The van der Waals surface area contributed by atoms with Gasteiger partial charge < -0.3 is 10.2 Å². The minimum atomic E-state index is -0.481. The van der Waals surface area contributed by atoms with Crippen molar-refractivity contribution in [2.75, 3.05) is 17.2 Å². The number of para-hydroxylation sites is 1. The van der Waals surface area contributed by atoms with Crippen LogP contribution in [0, 0.1) is 5.82 Å². The zero-order chi connectivity index (χ0) is 25.8. The van der Waals surface area contributed by atoms with Crippen LogP contribution in [0.1, 0.15) is 28.2 Å². The number of carbonyl (C=O) groups excluding carboxylic acids is 2. The van der Waals surface area contributed by atoms with Gasteiger partial charge in [-0.05, 0) is 66.9 Å². The first kappa shape index (κ1) is 25.2. The minimum absolute atomic E-state index is 0.00321. The summed E-state index contributed by atoms with van der Waals surface area (Å²) >= 11 is 4.75. The number of aryl methyl sites for hydroxylation is 1. The van der Waals surface area contributed by atoms with Crippen LogP contribution in [0.5, 0.6) is 0 Å². The molecule has 10 heteroatoms. The van der Waals surface area contributed by atoms with Gasteiger partial charge in [0.1, 0.15) is 5.82 Å². The lowest BCUT2D eigenvalue weighted by Crippen LogP contribution is -2.36. The Balaban J connectivity index is 1.35. The van der Waals surface area contributed by atoms with Gasteiger partial charge in [-0.25, -0.2) is 4.39 Å². The van der Waals surface area contributed by atoms with E-state index in [9.17, 15) is 14.0 Å². The molecule has 7 nitrogen and oxygen atoms in total. The van der Waals surface area contributed by atoms with Crippen LogP contribution in [0.3, 0.4) is 0 Å². The van der Waals surface area contributed by atoms with E-state index in [4.69, 9.17) is 0 Å². The number of hydrogen-bond acceptors (Lipinski definition) is 5. The number of fused-ring (bicyclic) bond motifs is 1. The lowest BCUT2D eigenvalue weighted by atomic mass is 10.0. The van der Waals surface area contributed by atoms with Gasteiger partial charge in [-0.2, -0.15) is 0 Å². The molecule has 0 atom stereocenters. The van der Waals surface area contributed by atoms with Crippen molar-refractivity contribution in [1.29, 1.82) is 0 Å². The zero-order valence-corrected chi connectivity index (χ0v) is 22.1. The van der Waals surface area contributed by atoms with Crippen LogP contribution in [-0.4, -0.2) is 38.9 Å². The van der Waals surface area contributed by atoms with Crippen molar-refractivity contribution in [2.45, 2.75) is 24.5 Å².